The van der Waals surface area contributed by atoms with Crippen molar-refractivity contribution in [1.29, 1.82) is 0 Å². The molecule has 5 heteroatoms. The van der Waals surface area contributed by atoms with E-state index in [1.165, 1.54) is 30.8 Å². The maximum Gasteiger partial charge on any atom is 0.183 e. The summed E-state index contributed by atoms with van der Waals surface area (Å²) in [5.74, 6) is 0. The fraction of sp³-hybridized carbons (Fsp3) is 0.750. The van der Waals surface area contributed by atoms with Crippen molar-refractivity contribution in [3.05, 3.63) is 15.5 Å². The lowest BCUT2D eigenvalue weighted by Crippen LogP contribution is -2.38. The number of hydrogen-bond acceptors (Lipinski definition) is 4. The first kappa shape index (κ1) is 13.3. The van der Waals surface area contributed by atoms with Crippen LogP contribution >= 0.6 is 22.9 Å². The molecular formula is C12H20ClN3S. The van der Waals surface area contributed by atoms with Crippen molar-refractivity contribution in [2.75, 3.05) is 26.7 Å². The van der Waals surface area contributed by atoms with E-state index in [2.05, 4.69) is 28.8 Å². The van der Waals surface area contributed by atoms with Crippen molar-refractivity contribution in [3.8, 4) is 0 Å². The second kappa shape index (κ2) is 6.14. The van der Waals surface area contributed by atoms with Gasteiger partial charge in [-0.1, -0.05) is 18.5 Å². The first-order valence-corrected chi connectivity index (χ1v) is 7.41. The molecule has 1 unspecified atom stereocenters. The molecule has 0 radical (unpaired) electrons. The van der Waals surface area contributed by atoms with E-state index in [4.69, 9.17) is 11.6 Å². The summed E-state index contributed by atoms with van der Waals surface area (Å²) >= 11 is 7.42. The van der Waals surface area contributed by atoms with Gasteiger partial charge in [0.15, 0.2) is 4.47 Å². The van der Waals surface area contributed by atoms with Gasteiger partial charge in [-0.2, -0.15) is 0 Å². The van der Waals surface area contributed by atoms with E-state index in [1.54, 1.807) is 11.3 Å². The lowest BCUT2D eigenvalue weighted by atomic mass is 10.2. The standard InChI is InChI=1S/C12H20ClN3S/c1-3-16-6-4-5-10(16)8-15(2)9-11-7-14-12(13)17-11/h7,10H,3-6,8-9H2,1-2H3. The van der Waals surface area contributed by atoms with Crippen molar-refractivity contribution in [3.63, 3.8) is 0 Å². The molecule has 1 aliphatic heterocycles. The van der Waals surface area contributed by atoms with Gasteiger partial charge in [0, 0.05) is 30.2 Å². The van der Waals surface area contributed by atoms with Crippen molar-refractivity contribution in [2.24, 2.45) is 0 Å². The van der Waals surface area contributed by atoms with E-state index in [-0.39, 0.29) is 0 Å². The summed E-state index contributed by atoms with van der Waals surface area (Å²) in [5.41, 5.74) is 0. The summed E-state index contributed by atoms with van der Waals surface area (Å²) in [6.07, 6.45) is 4.57. The van der Waals surface area contributed by atoms with Crippen LogP contribution in [0.5, 0.6) is 0 Å². The Bertz CT molecular complexity index is 355. The molecule has 1 fully saturated rings. The highest BCUT2D eigenvalue weighted by Crippen LogP contribution is 2.21. The van der Waals surface area contributed by atoms with E-state index >= 15 is 0 Å². The second-order valence-corrected chi connectivity index (χ2v) is 6.40. The fourth-order valence-electron chi connectivity index (χ4n) is 2.57. The molecule has 17 heavy (non-hydrogen) atoms. The van der Waals surface area contributed by atoms with E-state index in [1.807, 2.05) is 6.20 Å². The van der Waals surface area contributed by atoms with Gasteiger partial charge in [-0.3, -0.25) is 9.80 Å². The van der Waals surface area contributed by atoms with E-state index in [0.29, 0.717) is 4.47 Å². The van der Waals surface area contributed by atoms with Gasteiger partial charge in [-0.25, -0.2) is 4.98 Å². The number of likely N-dealkylation sites (N-methyl/N-ethyl adjacent to an activating group) is 2. The highest BCUT2D eigenvalue weighted by Gasteiger charge is 2.23. The lowest BCUT2D eigenvalue weighted by Gasteiger charge is -2.27. The molecule has 1 aromatic heterocycles. The van der Waals surface area contributed by atoms with Crippen LogP contribution < -0.4 is 0 Å². The van der Waals surface area contributed by atoms with Gasteiger partial charge in [-0.05, 0) is 33.0 Å². The minimum Gasteiger partial charge on any atom is -0.300 e. The number of thiazole rings is 1. The van der Waals surface area contributed by atoms with Gasteiger partial charge >= 0.3 is 0 Å². The zero-order chi connectivity index (χ0) is 12.3. The molecule has 0 saturated carbocycles. The maximum absolute atomic E-state index is 5.84. The highest BCUT2D eigenvalue weighted by atomic mass is 35.5. The first-order valence-electron chi connectivity index (χ1n) is 6.22. The topological polar surface area (TPSA) is 19.4 Å². The zero-order valence-electron chi connectivity index (χ0n) is 10.5. The van der Waals surface area contributed by atoms with Crippen LogP contribution in [0.1, 0.15) is 24.6 Å². The van der Waals surface area contributed by atoms with Crippen LogP contribution in [0, 0.1) is 0 Å². The second-order valence-electron chi connectivity index (χ2n) is 4.70. The lowest BCUT2D eigenvalue weighted by molar-refractivity contribution is 0.195. The maximum atomic E-state index is 5.84. The van der Waals surface area contributed by atoms with Crippen LogP contribution in [-0.4, -0.2) is 47.5 Å². The Morgan fingerprint density at radius 3 is 3.12 bits per heavy atom. The van der Waals surface area contributed by atoms with E-state index in [9.17, 15) is 0 Å². The van der Waals surface area contributed by atoms with Gasteiger partial charge < -0.3 is 0 Å². The number of aromatic nitrogens is 1. The van der Waals surface area contributed by atoms with Crippen molar-refractivity contribution < 1.29 is 0 Å². The predicted molar refractivity (Wildman–Crippen MR) is 73.7 cm³/mol. The molecule has 0 aromatic carbocycles. The minimum absolute atomic E-state index is 0.643. The van der Waals surface area contributed by atoms with Crippen LogP contribution in [0.25, 0.3) is 0 Å². The van der Waals surface area contributed by atoms with Crippen molar-refractivity contribution in [2.45, 2.75) is 32.4 Å². The number of likely N-dealkylation sites (tertiary alicyclic amines) is 1. The van der Waals surface area contributed by atoms with Crippen LogP contribution in [0.3, 0.4) is 0 Å². The van der Waals surface area contributed by atoms with Crippen LogP contribution in [0.4, 0.5) is 0 Å². The van der Waals surface area contributed by atoms with Gasteiger partial charge in [0.05, 0.1) is 0 Å². The first-order chi connectivity index (χ1) is 8.19. The third-order valence-corrected chi connectivity index (χ3v) is 4.48. The van der Waals surface area contributed by atoms with Gasteiger partial charge in [0.2, 0.25) is 0 Å². The monoisotopic (exact) mass is 273 g/mol. The summed E-state index contributed by atoms with van der Waals surface area (Å²) in [4.78, 5) is 10.3. The minimum atomic E-state index is 0.643. The quantitative estimate of drug-likeness (QED) is 0.822. The molecule has 0 spiro atoms. The zero-order valence-corrected chi connectivity index (χ0v) is 12.1. The summed E-state index contributed by atoms with van der Waals surface area (Å²) in [7, 11) is 2.18. The molecule has 1 aliphatic rings. The smallest absolute Gasteiger partial charge is 0.183 e. The average molecular weight is 274 g/mol. The summed E-state index contributed by atoms with van der Waals surface area (Å²) in [6, 6.07) is 0.730. The molecule has 0 aliphatic carbocycles. The number of hydrogen-bond donors (Lipinski definition) is 0. The fourth-order valence-corrected chi connectivity index (χ4v) is 3.62. The van der Waals surface area contributed by atoms with Crippen molar-refractivity contribution >= 4 is 22.9 Å². The van der Waals surface area contributed by atoms with Gasteiger partial charge in [0.1, 0.15) is 0 Å². The summed E-state index contributed by atoms with van der Waals surface area (Å²) in [6.45, 7) is 6.79. The third kappa shape index (κ3) is 3.65. The molecule has 2 heterocycles. The molecule has 0 amide bonds. The highest BCUT2D eigenvalue weighted by molar-refractivity contribution is 7.15. The third-order valence-electron chi connectivity index (χ3n) is 3.38. The molecular weight excluding hydrogens is 254 g/mol. The Balaban J connectivity index is 1.82. The number of nitrogens with zero attached hydrogens (tertiary/aromatic N) is 3. The Hall–Kier alpha value is -0.160. The normalized spacial score (nSPS) is 21.5. The molecule has 0 N–H and O–H groups in total. The van der Waals surface area contributed by atoms with Crippen LogP contribution in [0.15, 0.2) is 6.20 Å². The van der Waals surface area contributed by atoms with Gasteiger partial charge in [-0.15, -0.1) is 11.3 Å². The van der Waals surface area contributed by atoms with E-state index < -0.39 is 0 Å². The van der Waals surface area contributed by atoms with Crippen molar-refractivity contribution in [1.82, 2.24) is 14.8 Å². The Kier molecular flexibility index (Phi) is 4.79. The Labute approximate surface area is 112 Å². The average Bonchev–Trinajstić information content (AvgIpc) is 2.87. The summed E-state index contributed by atoms with van der Waals surface area (Å²) in [5, 5.41) is 0. The van der Waals surface area contributed by atoms with Gasteiger partial charge in [0.25, 0.3) is 0 Å². The summed E-state index contributed by atoms with van der Waals surface area (Å²) < 4.78 is 0.643. The Morgan fingerprint density at radius 2 is 2.47 bits per heavy atom. The molecule has 0 bridgehead atoms. The predicted octanol–water partition coefficient (Wildman–Crippen LogP) is 2.71. The van der Waals surface area contributed by atoms with E-state index in [0.717, 1.165) is 19.1 Å². The largest absolute Gasteiger partial charge is 0.300 e. The number of halogens is 1. The number of rotatable bonds is 5. The van der Waals surface area contributed by atoms with Crippen LogP contribution in [-0.2, 0) is 6.54 Å². The molecule has 3 nitrogen and oxygen atoms in total. The Morgan fingerprint density at radius 1 is 1.65 bits per heavy atom. The molecule has 96 valence electrons. The molecule has 1 saturated heterocycles. The molecule has 2 rings (SSSR count). The SMILES string of the molecule is CCN1CCCC1CN(C)Cc1cnc(Cl)s1. The van der Waals surface area contributed by atoms with Crippen LogP contribution in [0.2, 0.25) is 4.47 Å². The molecule has 1 aromatic rings. The molecule has 1 atom stereocenters.